The van der Waals surface area contributed by atoms with Gasteiger partial charge in [-0.15, -0.1) is 0 Å². The Morgan fingerprint density at radius 2 is 2.26 bits per heavy atom. The Morgan fingerprint density at radius 1 is 1.58 bits per heavy atom. The molecule has 0 saturated heterocycles. The van der Waals surface area contributed by atoms with Crippen molar-refractivity contribution in [2.45, 2.75) is 32.9 Å². The molecule has 102 valence electrons. The lowest BCUT2D eigenvalue weighted by Crippen LogP contribution is -2.36. The van der Waals surface area contributed by atoms with Crippen molar-refractivity contribution in [1.29, 1.82) is 5.26 Å². The number of hydrogen-bond donors (Lipinski definition) is 1. The predicted molar refractivity (Wildman–Crippen MR) is 68.9 cm³/mol. The highest BCUT2D eigenvalue weighted by Gasteiger charge is 2.17. The lowest BCUT2D eigenvalue weighted by atomic mass is 10.1. The van der Waals surface area contributed by atoms with Crippen molar-refractivity contribution >= 4 is 5.97 Å². The van der Waals surface area contributed by atoms with E-state index in [-0.39, 0.29) is 24.7 Å². The van der Waals surface area contributed by atoms with Crippen LogP contribution in [0.15, 0.2) is 18.2 Å². The number of benzene rings is 1. The van der Waals surface area contributed by atoms with E-state index in [1.807, 2.05) is 19.9 Å². The smallest absolute Gasteiger partial charge is 0.317 e. The van der Waals surface area contributed by atoms with Gasteiger partial charge in [-0.05, 0) is 25.5 Å². The Bertz CT molecular complexity index is 497. The molecule has 1 rings (SSSR count). The van der Waals surface area contributed by atoms with Gasteiger partial charge in [0.05, 0.1) is 18.2 Å². The molecular weight excluding hydrogens is 247 g/mol. The minimum atomic E-state index is -0.936. The van der Waals surface area contributed by atoms with E-state index >= 15 is 0 Å². The molecule has 4 nitrogen and oxygen atoms in total. The molecule has 0 aliphatic rings. The van der Waals surface area contributed by atoms with E-state index in [1.54, 1.807) is 4.90 Å². The van der Waals surface area contributed by atoms with Crippen molar-refractivity contribution in [3.05, 3.63) is 35.1 Å². The highest BCUT2D eigenvalue weighted by Crippen LogP contribution is 2.15. The minimum absolute atomic E-state index is 0.0474. The van der Waals surface area contributed by atoms with Gasteiger partial charge in [-0.1, -0.05) is 13.0 Å². The van der Waals surface area contributed by atoms with Crippen LogP contribution in [0.4, 0.5) is 4.39 Å². The summed E-state index contributed by atoms with van der Waals surface area (Å²) in [7, 11) is 0. The van der Waals surface area contributed by atoms with Gasteiger partial charge >= 0.3 is 5.97 Å². The van der Waals surface area contributed by atoms with Gasteiger partial charge in [0.1, 0.15) is 5.82 Å². The van der Waals surface area contributed by atoms with Crippen molar-refractivity contribution in [2.24, 2.45) is 0 Å². The molecule has 0 radical (unpaired) electrons. The first-order valence-corrected chi connectivity index (χ1v) is 6.12. The number of aliphatic carboxylic acids is 1. The number of nitrogens with zero attached hydrogens (tertiary/aromatic N) is 2. The van der Waals surface area contributed by atoms with Crippen LogP contribution < -0.4 is 0 Å². The summed E-state index contributed by atoms with van der Waals surface area (Å²) in [5.41, 5.74) is 0.662. The Balaban J connectivity index is 2.90. The topological polar surface area (TPSA) is 64.3 Å². The molecular formula is C14H17FN2O2. The molecule has 0 spiro atoms. The van der Waals surface area contributed by atoms with Crippen LogP contribution in [-0.4, -0.2) is 28.6 Å². The minimum Gasteiger partial charge on any atom is -0.480 e. The molecule has 0 bridgehead atoms. The molecule has 0 heterocycles. The molecule has 1 atom stereocenters. The third-order valence-electron chi connectivity index (χ3n) is 3.11. The second-order valence-corrected chi connectivity index (χ2v) is 4.47. The van der Waals surface area contributed by atoms with Gasteiger partial charge in [-0.25, -0.2) is 4.39 Å². The molecule has 1 aromatic rings. The number of halogens is 1. The second-order valence-electron chi connectivity index (χ2n) is 4.47. The van der Waals surface area contributed by atoms with Gasteiger partial charge in [0.25, 0.3) is 0 Å². The summed E-state index contributed by atoms with van der Waals surface area (Å²) >= 11 is 0. The standard InChI is InChI=1S/C14H17FN2O2/c1-3-10(2)17(9-14(18)19)8-12-5-4-11(7-16)6-13(12)15/h4-6,10H,3,8-9H2,1-2H3,(H,18,19). The first-order chi connectivity index (χ1) is 8.97. The van der Waals surface area contributed by atoms with Gasteiger partial charge in [-0.3, -0.25) is 9.69 Å². The lowest BCUT2D eigenvalue weighted by Gasteiger charge is -2.26. The van der Waals surface area contributed by atoms with Gasteiger partial charge in [0, 0.05) is 18.2 Å². The average molecular weight is 264 g/mol. The third kappa shape index (κ3) is 4.34. The monoisotopic (exact) mass is 264 g/mol. The number of carbonyl (C=O) groups is 1. The third-order valence-corrected chi connectivity index (χ3v) is 3.11. The van der Waals surface area contributed by atoms with Gasteiger partial charge < -0.3 is 5.11 Å². The normalized spacial score (nSPS) is 12.2. The molecule has 0 amide bonds. The number of rotatable bonds is 6. The SMILES string of the molecule is CCC(C)N(CC(=O)O)Cc1ccc(C#N)cc1F. The van der Waals surface area contributed by atoms with E-state index in [4.69, 9.17) is 10.4 Å². The van der Waals surface area contributed by atoms with Crippen molar-refractivity contribution in [2.75, 3.05) is 6.54 Å². The Morgan fingerprint density at radius 3 is 2.74 bits per heavy atom. The molecule has 0 saturated carbocycles. The molecule has 0 aliphatic heterocycles. The second kappa shape index (κ2) is 6.86. The van der Waals surface area contributed by atoms with E-state index < -0.39 is 11.8 Å². The van der Waals surface area contributed by atoms with Crippen LogP contribution in [0.3, 0.4) is 0 Å². The Kier molecular flexibility index (Phi) is 5.46. The quantitative estimate of drug-likeness (QED) is 0.856. The van der Waals surface area contributed by atoms with Crippen LogP contribution in [0.25, 0.3) is 0 Å². The van der Waals surface area contributed by atoms with Crippen LogP contribution in [0.1, 0.15) is 31.4 Å². The number of carboxylic acid groups (broad SMARTS) is 1. The zero-order valence-electron chi connectivity index (χ0n) is 11.1. The maximum atomic E-state index is 13.8. The van der Waals surface area contributed by atoms with E-state index in [9.17, 15) is 9.18 Å². The molecule has 1 aromatic carbocycles. The fourth-order valence-electron chi connectivity index (χ4n) is 1.76. The first kappa shape index (κ1) is 15.1. The van der Waals surface area contributed by atoms with Crippen LogP contribution in [0.5, 0.6) is 0 Å². The van der Waals surface area contributed by atoms with Crippen molar-refractivity contribution in [3.8, 4) is 6.07 Å². The van der Waals surface area contributed by atoms with E-state index in [0.717, 1.165) is 6.42 Å². The maximum absolute atomic E-state index is 13.8. The van der Waals surface area contributed by atoms with Crippen molar-refractivity contribution < 1.29 is 14.3 Å². The molecule has 19 heavy (non-hydrogen) atoms. The highest BCUT2D eigenvalue weighted by molar-refractivity contribution is 5.69. The molecule has 0 aliphatic carbocycles. The summed E-state index contributed by atoms with van der Waals surface area (Å²) in [5.74, 6) is -1.41. The Hall–Kier alpha value is -1.93. The summed E-state index contributed by atoms with van der Waals surface area (Å²) < 4.78 is 13.8. The van der Waals surface area contributed by atoms with E-state index in [1.165, 1.54) is 18.2 Å². The molecule has 0 aromatic heterocycles. The zero-order valence-corrected chi connectivity index (χ0v) is 11.1. The molecule has 1 N–H and O–H groups in total. The van der Waals surface area contributed by atoms with Gasteiger partial charge in [0.15, 0.2) is 0 Å². The van der Waals surface area contributed by atoms with Crippen LogP contribution in [0.2, 0.25) is 0 Å². The lowest BCUT2D eigenvalue weighted by molar-refractivity contribution is -0.139. The maximum Gasteiger partial charge on any atom is 0.317 e. The summed E-state index contributed by atoms with van der Waals surface area (Å²) in [6.07, 6.45) is 0.783. The number of carboxylic acids is 1. The summed E-state index contributed by atoms with van der Waals surface area (Å²) in [6.45, 7) is 3.95. The number of hydrogen-bond acceptors (Lipinski definition) is 3. The van der Waals surface area contributed by atoms with Crippen LogP contribution in [0, 0.1) is 17.1 Å². The fourth-order valence-corrected chi connectivity index (χ4v) is 1.76. The fraction of sp³-hybridized carbons (Fsp3) is 0.429. The van der Waals surface area contributed by atoms with Crippen LogP contribution >= 0.6 is 0 Å². The summed E-state index contributed by atoms with van der Waals surface area (Å²) in [4.78, 5) is 12.5. The molecule has 1 unspecified atom stereocenters. The van der Waals surface area contributed by atoms with Gasteiger partial charge in [0.2, 0.25) is 0 Å². The van der Waals surface area contributed by atoms with Crippen LogP contribution in [-0.2, 0) is 11.3 Å². The summed E-state index contributed by atoms with van der Waals surface area (Å²) in [5, 5.41) is 17.6. The van der Waals surface area contributed by atoms with Crippen molar-refractivity contribution in [3.63, 3.8) is 0 Å². The van der Waals surface area contributed by atoms with Crippen molar-refractivity contribution in [1.82, 2.24) is 4.90 Å². The highest BCUT2D eigenvalue weighted by atomic mass is 19.1. The molecule has 5 heteroatoms. The first-order valence-electron chi connectivity index (χ1n) is 6.12. The Labute approximate surface area is 112 Å². The zero-order chi connectivity index (χ0) is 14.4. The largest absolute Gasteiger partial charge is 0.480 e. The van der Waals surface area contributed by atoms with E-state index in [0.29, 0.717) is 5.56 Å². The van der Waals surface area contributed by atoms with E-state index in [2.05, 4.69) is 0 Å². The van der Waals surface area contributed by atoms with Gasteiger partial charge in [-0.2, -0.15) is 5.26 Å². The summed E-state index contributed by atoms with van der Waals surface area (Å²) in [6, 6.07) is 6.15. The predicted octanol–water partition coefficient (Wildman–Crippen LogP) is 2.38. The molecule has 0 fully saturated rings. The number of nitriles is 1. The average Bonchev–Trinajstić information content (AvgIpc) is 2.38.